The number of para-hydroxylation sites is 1. The fraction of sp³-hybridized carbons (Fsp3) is 0.217. The summed E-state index contributed by atoms with van der Waals surface area (Å²) in [5.41, 5.74) is 2.76. The third kappa shape index (κ3) is 4.46. The first-order chi connectivity index (χ1) is 14.4. The first-order valence-corrected chi connectivity index (χ1v) is 9.63. The van der Waals surface area contributed by atoms with Crippen LogP contribution < -0.4 is 10.6 Å². The van der Waals surface area contributed by atoms with Gasteiger partial charge in [-0.05, 0) is 32.4 Å². The maximum atomic E-state index is 13.1. The molecule has 30 heavy (non-hydrogen) atoms. The van der Waals surface area contributed by atoms with E-state index in [1.165, 1.54) is 0 Å². The minimum Gasteiger partial charge on any atom is -0.444 e. The van der Waals surface area contributed by atoms with Crippen molar-refractivity contribution in [3.63, 3.8) is 0 Å². The molecule has 0 saturated heterocycles. The summed E-state index contributed by atoms with van der Waals surface area (Å²) in [6.45, 7) is 5.63. The van der Waals surface area contributed by atoms with Crippen molar-refractivity contribution in [3.8, 4) is 0 Å². The maximum Gasteiger partial charge on any atom is 0.341 e. The summed E-state index contributed by atoms with van der Waals surface area (Å²) >= 11 is 0. The minimum atomic E-state index is -1.29. The Morgan fingerprint density at radius 1 is 1.00 bits per heavy atom. The Hall–Kier alpha value is -3.74. The highest BCUT2D eigenvalue weighted by Gasteiger charge is 2.29. The molecular weight excluding hydrogens is 382 g/mol. The molecule has 0 saturated carbocycles. The second-order valence-corrected chi connectivity index (χ2v) is 6.76. The maximum absolute atomic E-state index is 13.1. The van der Waals surface area contributed by atoms with Crippen LogP contribution in [0.2, 0.25) is 0 Å². The second kappa shape index (κ2) is 9.17. The number of ether oxygens (including phenoxy) is 1. The Kier molecular flexibility index (Phi) is 6.41. The zero-order valence-corrected chi connectivity index (χ0v) is 17.1. The molecule has 3 rings (SSSR count). The van der Waals surface area contributed by atoms with Crippen molar-refractivity contribution in [2.24, 2.45) is 0 Å². The number of aryl methyl sites for hydroxylation is 2. The molecule has 3 aromatic rings. The van der Waals surface area contributed by atoms with E-state index in [1.54, 1.807) is 44.2 Å². The number of fused-ring (bicyclic) bond motifs is 1. The van der Waals surface area contributed by atoms with Crippen LogP contribution in [-0.2, 0) is 9.53 Å². The number of amides is 3. The molecule has 2 N–H and O–H groups in total. The largest absolute Gasteiger partial charge is 0.444 e. The van der Waals surface area contributed by atoms with Crippen LogP contribution in [0, 0.1) is 13.8 Å². The number of esters is 1. The summed E-state index contributed by atoms with van der Waals surface area (Å²) in [5, 5.41) is 5.53. The fourth-order valence-corrected chi connectivity index (χ4v) is 3.28. The average Bonchev–Trinajstić information content (AvgIpc) is 2.72. The molecule has 0 radical (unpaired) electrons. The van der Waals surface area contributed by atoms with E-state index in [1.807, 2.05) is 31.2 Å². The number of pyridine rings is 1. The third-order valence-corrected chi connectivity index (χ3v) is 4.68. The van der Waals surface area contributed by atoms with Gasteiger partial charge in [0.2, 0.25) is 6.10 Å². The molecule has 7 nitrogen and oxygen atoms in total. The molecular formula is C23H23N3O4. The van der Waals surface area contributed by atoms with Gasteiger partial charge in [-0.25, -0.2) is 9.59 Å². The van der Waals surface area contributed by atoms with Gasteiger partial charge < -0.3 is 10.1 Å². The van der Waals surface area contributed by atoms with Gasteiger partial charge in [-0.3, -0.25) is 15.1 Å². The normalized spacial score (nSPS) is 11.6. The van der Waals surface area contributed by atoms with Gasteiger partial charge in [-0.1, -0.05) is 48.5 Å². The average molecular weight is 405 g/mol. The van der Waals surface area contributed by atoms with Crippen molar-refractivity contribution in [2.75, 3.05) is 6.54 Å². The van der Waals surface area contributed by atoms with Gasteiger partial charge in [-0.2, -0.15) is 0 Å². The van der Waals surface area contributed by atoms with Crippen molar-refractivity contribution < 1.29 is 19.1 Å². The highest BCUT2D eigenvalue weighted by atomic mass is 16.5. The number of carbonyl (C=O) groups is 3. The molecule has 0 spiro atoms. The van der Waals surface area contributed by atoms with Crippen molar-refractivity contribution >= 4 is 28.8 Å². The molecule has 1 aromatic heterocycles. The van der Waals surface area contributed by atoms with Crippen LogP contribution in [0.25, 0.3) is 10.9 Å². The van der Waals surface area contributed by atoms with E-state index in [0.717, 1.165) is 16.5 Å². The zero-order valence-electron chi connectivity index (χ0n) is 17.1. The molecule has 0 aliphatic rings. The summed E-state index contributed by atoms with van der Waals surface area (Å²) in [5.74, 6) is -1.41. The first-order valence-electron chi connectivity index (χ1n) is 9.63. The summed E-state index contributed by atoms with van der Waals surface area (Å²) in [7, 11) is 0. The number of benzene rings is 2. The van der Waals surface area contributed by atoms with Crippen LogP contribution in [-0.4, -0.2) is 29.4 Å². The second-order valence-electron chi connectivity index (χ2n) is 6.76. The van der Waals surface area contributed by atoms with E-state index in [4.69, 9.17) is 4.74 Å². The topological polar surface area (TPSA) is 97.4 Å². The lowest BCUT2D eigenvalue weighted by atomic mass is 10.0. The van der Waals surface area contributed by atoms with Crippen molar-refractivity contribution in [2.45, 2.75) is 26.9 Å². The molecule has 3 amide bonds. The zero-order chi connectivity index (χ0) is 21.7. The minimum absolute atomic E-state index is 0.306. The van der Waals surface area contributed by atoms with E-state index in [9.17, 15) is 14.4 Å². The molecule has 2 aromatic carbocycles. The number of imide groups is 1. The predicted molar refractivity (Wildman–Crippen MR) is 113 cm³/mol. The van der Waals surface area contributed by atoms with E-state index in [-0.39, 0.29) is 0 Å². The lowest BCUT2D eigenvalue weighted by molar-refractivity contribution is -0.129. The molecule has 1 atom stereocenters. The van der Waals surface area contributed by atoms with Crippen LogP contribution in [0.5, 0.6) is 0 Å². The van der Waals surface area contributed by atoms with E-state index < -0.39 is 24.0 Å². The molecule has 154 valence electrons. The molecule has 0 aliphatic heterocycles. The van der Waals surface area contributed by atoms with Crippen molar-refractivity contribution in [1.29, 1.82) is 0 Å². The van der Waals surface area contributed by atoms with Gasteiger partial charge in [0.1, 0.15) is 0 Å². The number of rotatable bonds is 5. The quantitative estimate of drug-likeness (QED) is 0.632. The molecule has 0 fully saturated rings. The van der Waals surface area contributed by atoms with Crippen LogP contribution in [0.4, 0.5) is 4.79 Å². The van der Waals surface area contributed by atoms with Gasteiger partial charge in [-0.15, -0.1) is 0 Å². The van der Waals surface area contributed by atoms with Crippen LogP contribution in [0.15, 0.2) is 54.6 Å². The smallest absolute Gasteiger partial charge is 0.341 e. The number of nitrogens with one attached hydrogen (secondary N) is 2. The summed E-state index contributed by atoms with van der Waals surface area (Å²) in [6, 6.07) is 15.4. The Bertz CT molecular complexity index is 1100. The van der Waals surface area contributed by atoms with Crippen molar-refractivity contribution in [3.05, 3.63) is 77.0 Å². The molecule has 7 heteroatoms. The molecule has 0 aliphatic carbocycles. The highest BCUT2D eigenvalue weighted by Crippen LogP contribution is 2.26. The number of urea groups is 1. The van der Waals surface area contributed by atoms with E-state index in [2.05, 4.69) is 15.6 Å². The lowest BCUT2D eigenvalue weighted by Gasteiger charge is -2.19. The number of carbonyl (C=O) groups excluding carboxylic acids is 3. The van der Waals surface area contributed by atoms with Crippen molar-refractivity contribution in [1.82, 2.24) is 15.6 Å². The standard InChI is InChI=1S/C23H23N3O4/c1-4-24-23(29)26-21(27)20(16-10-6-5-7-11-16)30-22(28)19-14(2)17-12-8-9-13-18(17)25-15(19)3/h5-13,20H,4H2,1-3H3,(H2,24,26,27,29)/t20-/m0/s1. The van der Waals surface area contributed by atoms with Gasteiger partial charge in [0.05, 0.1) is 16.8 Å². The highest BCUT2D eigenvalue weighted by molar-refractivity contribution is 6.01. The lowest BCUT2D eigenvalue weighted by Crippen LogP contribution is -2.42. The van der Waals surface area contributed by atoms with E-state index >= 15 is 0 Å². The third-order valence-electron chi connectivity index (χ3n) is 4.68. The van der Waals surface area contributed by atoms with Crippen LogP contribution >= 0.6 is 0 Å². The monoisotopic (exact) mass is 405 g/mol. The number of aromatic nitrogens is 1. The Morgan fingerprint density at radius 2 is 1.67 bits per heavy atom. The predicted octanol–water partition coefficient (Wildman–Crippen LogP) is 3.60. The number of nitrogens with zero attached hydrogens (tertiary/aromatic N) is 1. The SMILES string of the molecule is CCNC(=O)NC(=O)[C@@H](OC(=O)c1c(C)nc2ccccc2c1C)c1ccccc1. The molecule has 0 bridgehead atoms. The first kappa shape index (κ1) is 21.0. The number of hydrogen-bond acceptors (Lipinski definition) is 5. The summed E-state index contributed by atoms with van der Waals surface area (Å²) < 4.78 is 5.60. The van der Waals surface area contributed by atoms with Gasteiger partial charge >= 0.3 is 12.0 Å². The molecule has 1 heterocycles. The Balaban J connectivity index is 1.95. The van der Waals surface area contributed by atoms with Gasteiger partial charge in [0.25, 0.3) is 5.91 Å². The van der Waals surface area contributed by atoms with E-state index in [0.29, 0.717) is 23.4 Å². The summed E-state index contributed by atoms with van der Waals surface area (Å²) in [6.07, 6.45) is -1.29. The summed E-state index contributed by atoms with van der Waals surface area (Å²) in [4.78, 5) is 42.1. The Labute approximate surface area is 174 Å². The van der Waals surface area contributed by atoms with Crippen LogP contribution in [0.1, 0.15) is 40.2 Å². The number of hydrogen-bond donors (Lipinski definition) is 2. The fourth-order valence-electron chi connectivity index (χ4n) is 3.28. The van der Waals surface area contributed by atoms with Gasteiger partial charge in [0, 0.05) is 17.5 Å². The van der Waals surface area contributed by atoms with Crippen LogP contribution in [0.3, 0.4) is 0 Å². The Morgan fingerprint density at radius 3 is 2.37 bits per heavy atom. The van der Waals surface area contributed by atoms with Gasteiger partial charge in [0.15, 0.2) is 0 Å². The molecule has 0 unspecified atom stereocenters.